The number of amides is 1. The van der Waals surface area contributed by atoms with E-state index in [9.17, 15) is 14.7 Å². The van der Waals surface area contributed by atoms with E-state index in [4.69, 9.17) is 4.74 Å². The molecule has 0 radical (unpaired) electrons. The number of hydrogen-bond acceptors (Lipinski definition) is 4. The van der Waals surface area contributed by atoms with Crippen molar-refractivity contribution < 1.29 is 49.0 Å². The summed E-state index contributed by atoms with van der Waals surface area (Å²) in [5.74, 6) is -2.11. The van der Waals surface area contributed by atoms with Gasteiger partial charge in [0.25, 0.3) is 0 Å². The van der Waals surface area contributed by atoms with Gasteiger partial charge in [-0.15, -0.1) is 0 Å². The van der Waals surface area contributed by atoms with E-state index in [0.717, 1.165) is 11.1 Å². The van der Waals surface area contributed by atoms with Crippen LogP contribution in [0.3, 0.4) is 0 Å². The number of benzene rings is 2. The Morgan fingerprint density at radius 2 is 1.77 bits per heavy atom. The molecule has 1 N–H and O–H groups in total. The Hall–Kier alpha value is -1.82. The van der Waals surface area contributed by atoms with Gasteiger partial charge in [0.15, 0.2) is 0 Å². The second-order valence-electron chi connectivity index (χ2n) is 6.32. The number of aliphatic carboxylic acids is 1. The molecule has 1 aliphatic rings. The van der Waals surface area contributed by atoms with Crippen LogP contribution < -0.4 is 44.7 Å². The van der Waals surface area contributed by atoms with Gasteiger partial charge in [0.2, 0.25) is 5.91 Å². The summed E-state index contributed by atoms with van der Waals surface area (Å²) in [6, 6.07) is 15.3. The topological polar surface area (TPSA) is 78.5 Å². The molecule has 1 amide bonds. The third-order valence-corrected chi connectivity index (χ3v) is 4.63. The quantitative estimate of drug-likeness (QED) is 0.690. The Labute approximate surface area is 175 Å². The summed E-state index contributed by atoms with van der Waals surface area (Å²) in [6.45, 7) is 2.26. The molecular formula is C20H20NNaO4. The number of carbonyl (C=O) groups excluding carboxylic acids is 2. The molecule has 6 heteroatoms. The molecule has 0 aromatic heterocycles. The number of nitrogens with one attached hydrogen (secondary N) is 1. The second kappa shape index (κ2) is 9.21. The van der Waals surface area contributed by atoms with Gasteiger partial charge in [-0.2, -0.15) is 0 Å². The van der Waals surface area contributed by atoms with E-state index in [1.807, 2.05) is 49.4 Å². The van der Waals surface area contributed by atoms with Crippen molar-refractivity contribution in [2.75, 3.05) is 5.32 Å². The van der Waals surface area contributed by atoms with Crippen LogP contribution >= 0.6 is 0 Å². The molecule has 26 heavy (non-hydrogen) atoms. The molecule has 0 heterocycles. The van der Waals surface area contributed by atoms with Gasteiger partial charge >= 0.3 is 29.6 Å². The van der Waals surface area contributed by atoms with Gasteiger partial charge in [-0.1, -0.05) is 42.5 Å². The predicted molar refractivity (Wildman–Crippen MR) is 91.8 cm³/mol. The molecule has 0 spiro atoms. The van der Waals surface area contributed by atoms with Gasteiger partial charge in [-0.25, -0.2) is 0 Å². The summed E-state index contributed by atoms with van der Waals surface area (Å²) in [7, 11) is 0. The van der Waals surface area contributed by atoms with E-state index in [2.05, 4.69) is 5.32 Å². The molecule has 130 valence electrons. The maximum atomic E-state index is 12.4. The fourth-order valence-corrected chi connectivity index (χ4v) is 2.97. The number of rotatable bonds is 6. The average molecular weight is 361 g/mol. The van der Waals surface area contributed by atoms with Gasteiger partial charge in [-0.05, 0) is 37.0 Å². The van der Waals surface area contributed by atoms with Crippen molar-refractivity contribution >= 4 is 17.6 Å². The molecule has 1 fully saturated rings. The van der Waals surface area contributed by atoms with Crippen molar-refractivity contribution in [2.24, 2.45) is 11.8 Å². The minimum Gasteiger partial charge on any atom is -0.550 e. The molecule has 3 rings (SSSR count). The maximum Gasteiger partial charge on any atom is 1.00 e. The minimum atomic E-state index is -1.16. The number of carbonyl (C=O) groups is 2. The van der Waals surface area contributed by atoms with Crippen LogP contribution in [0.25, 0.3) is 0 Å². The first-order valence-electron chi connectivity index (χ1n) is 8.34. The fraction of sp³-hybridized carbons (Fsp3) is 0.300. The van der Waals surface area contributed by atoms with E-state index in [1.54, 1.807) is 6.07 Å². The molecule has 0 aliphatic heterocycles. The fourth-order valence-electron chi connectivity index (χ4n) is 2.97. The summed E-state index contributed by atoms with van der Waals surface area (Å²) in [6.07, 6.45) is 1.06. The predicted octanol–water partition coefficient (Wildman–Crippen LogP) is -0.707. The van der Waals surface area contributed by atoms with Crippen molar-refractivity contribution in [2.45, 2.75) is 26.4 Å². The van der Waals surface area contributed by atoms with Crippen LogP contribution in [-0.4, -0.2) is 11.9 Å². The Morgan fingerprint density at radius 1 is 1.08 bits per heavy atom. The molecule has 2 aromatic carbocycles. The zero-order valence-corrected chi connectivity index (χ0v) is 17.0. The van der Waals surface area contributed by atoms with E-state index >= 15 is 0 Å². The number of anilines is 1. The Morgan fingerprint density at radius 3 is 2.38 bits per heavy atom. The van der Waals surface area contributed by atoms with E-state index in [-0.39, 0.29) is 35.5 Å². The maximum absolute atomic E-state index is 12.4. The monoisotopic (exact) mass is 361 g/mol. The zero-order valence-electron chi connectivity index (χ0n) is 15.0. The van der Waals surface area contributed by atoms with E-state index in [1.165, 1.54) is 0 Å². The van der Waals surface area contributed by atoms with Gasteiger partial charge in [0.05, 0.1) is 5.69 Å². The number of hydrogen-bond donors (Lipinski definition) is 1. The van der Waals surface area contributed by atoms with Crippen LogP contribution in [0.4, 0.5) is 5.69 Å². The molecule has 0 bridgehead atoms. The van der Waals surface area contributed by atoms with Crippen molar-refractivity contribution in [1.82, 2.24) is 0 Å². The molecular weight excluding hydrogens is 341 g/mol. The van der Waals surface area contributed by atoms with Crippen LogP contribution in [0.15, 0.2) is 48.5 Å². The van der Waals surface area contributed by atoms with Gasteiger partial charge in [-0.3, -0.25) is 4.79 Å². The second-order valence-corrected chi connectivity index (χ2v) is 6.32. The summed E-state index contributed by atoms with van der Waals surface area (Å²) in [5.41, 5.74) is 2.48. The smallest absolute Gasteiger partial charge is 0.550 e. The molecule has 2 atom stereocenters. The Balaban J connectivity index is 0.00000243. The van der Waals surface area contributed by atoms with E-state index in [0.29, 0.717) is 30.9 Å². The number of para-hydroxylation sites is 1. The SMILES string of the molecule is Cc1cccc(OCc2ccccc2)c1NC(=O)[C@@H]1CC[C@@H]1C(=O)[O-].[Na+]. The summed E-state index contributed by atoms with van der Waals surface area (Å²) in [5, 5.41) is 13.9. The number of aryl methyl sites for hydroxylation is 1. The molecule has 1 saturated carbocycles. The van der Waals surface area contributed by atoms with Gasteiger partial charge < -0.3 is 20.0 Å². The standard InChI is InChI=1S/C20H21NO4.Na/c1-13-6-5-9-17(25-12-14-7-3-2-4-8-14)18(13)21-19(22)15-10-11-16(15)20(23)24;/h2-9,15-16H,10-12H2,1H3,(H,21,22)(H,23,24);/q;+1/p-1/t15-,16+;/m1./s1. The van der Waals surface area contributed by atoms with Crippen molar-refractivity contribution in [3.8, 4) is 5.75 Å². The Kier molecular flexibility index (Phi) is 7.26. The number of carboxylic acid groups (broad SMARTS) is 1. The third-order valence-electron chi connectivity index (χ3n) is 4.63. The zero-order chi connectivity index (χ0) is 17.8. The average Bonchev–Trinajstić information content (AvgIpc) is 2.55. The molecule has 5 nitrogen and oxygen atoms in total. The van der Waals surface area contributed by atoms with Crippen LogP contribution in [0.5, 0.6) is 5.75 Å². The first-order chi connectivity index (χ1) is 12.1. The number of carboxylic acids is 1. The normalized spacial score (nSPS) is 18.2. The van der Waals surface area contributed by atoms with Crippen molar-refractivity contribution in [1.29, 1.82) is 0 Å². The van der Waals surface area contributed by atoms with Crippen molar-refractivity contribution in [3.05, 3.63) is 59.7 Å². The van der Waals surface area contributed by atoms with Crippen molar-refractivity contribution in [3.63, 3.8) is 0 Å². The Bertz CT molecular complexity index is 779. The van der Waals surface area contributed by atoms with Crippen LogP contribution in [-0.2, 0) is 16.2 Å². The van der Waals surface area contributed by atoms with Gasteiger partial charge in [0.1, 0.15) is 12.4 Å². The summed E-state index contributed by atoms with van der Waals surface area (Å²) >= 11 is 0. The summed E-state index contributed by atoms with van der Waals surface area (Å²) in [4.78, 5) is 23.5. The first kappa shape index (κ1) is 20.5. The largest absolute Gasteiger partial charge is 1.00 e. The molecule has 0 saturated heterocycles. The molecule has 2 aromatic rings. The van der Waals surface area contributed by atoms with E-state index < -0.39 is 17.8 Å². The number of ether oxygens (including phenoxy) is 1. The molecule has 0 unspecified atom stereocenters. The van der Waals surface area contributed by atoms with Crippen LogP contribution in [0, 0.1) is 18.8 Å². The van der Waals surface area contributed by atoms with Crippen LogP contribution in [0.1, 0.15) is 24.0 Å². The summed E-state index contributed by atoms with van der Waals surface area (Å²) < 4.78 is 5.87. The minimum absolute atomic E-state index is 0. The van der Waals surface area contributed by atoms with Crippen LogP contribution in [0.2, 0.25) is 0 Å². The third kappa shape index (κ3) is 4.67. The van der Waals surface area contributed by atoms with Gasteiger partial charge in [0, 0.05) is 17.8 Å². The molecule has 1 aliphatic carbocycles. The first-order valence-corrected chi connectivity index (χ1v) is 8.34.